The molecule has 0 unspecified atom stereocenters. The van der Waals surface area contributed by atoms with Crippen molar-refractivity contribution < 1.29 is 9.59 Å². The zero-order valence-corrected chi connectivity index (χ0v) is 12.3. The van der Waals surface area contributed by atoms with Gasteiger partial charge in [-0.1, -0.05) is 25.5 Å². The highest BCUT2D eigenvalue weighted by molar-refractivity contribution is 5.93. The lowest BCUT2D eigenvalue weighted by Gasteiger charge is -2.02. The summed E-state index contributed by atoms with van der Waals surface area (Å²) in [6.45, 7) is 2.72. The van der Waals surface area contributed by atoms with Gasteiger partial charge in [-0.25, -0.2) is 0 Å². The van der Waals surface area contributed by atoms with Crippen molar-refractivity contribution in [2.45, 2.75) is 26.3 Å². The number of carbonyl (C=O) groups is 2. The lowest BCUT2D eigenvalue weighted by atomic mass is 10.1. The molecule has 1 aromatic carbocycles. The molecule has 2 aromatic rings. The highest BCUT2D eigenvalue weighted by Crippen LogP contribution is 2.14. The van der Waals surface area contributed by atoms with E-state index < -0.39 is 5.91 Å². The van der Waals surface area contributed by atoms with Gasteiger partial charge in [0.15, 0.2) is 0 Å². The number of aromatic nitrogens is 4. The minimum atomic E-state index is -0.494. The van der Waals surface area contributed by atoms with Crippen LogP contribution in [0.25, 0.3) is 11.4 Å². The number of hydrogen-bond acceptors (Lipinski definition) is 5. The number of nitrogens with two attached hydrogens (primary N) is 1. The number of tetrazole rings is 1. The monoisotopic (exact) mass is 302 g/mol. The average Bonchev–Trinajstić information content (AvgIpc) is 2.96. The normalized spacial score (nSPS) is 10.4. The van der Waals surface area contributed by atoms with Crippen molar-refractivity contribution in [1.82, 2.24) is 25.5 Å². The topological polar surface area (TPSA) is 116 Å². The quantitative estimate of drug-likeness (QED) is 0.716. The lowest BCUT2D eigenvalue weighted by Crippen LogP contribution is -2.29. The van der Waals surface area contributed by atoms with Crippen LogP contribution in [-0.4, -0.2) is 38.6 Å². The lowest BCUT2D eigenvalue weighted by molar-refractivity contribution is -0.122. The van der Waals surface area contributed by atoms with Crippen molar-refractivity contribution in [3.63, 3.8) is 0 Å². The van der Waals surface area contributed by atoms with Gasteiger partial charge in [0.2, 0.25) is 17.6 Å². The fraction of sp³-hybridized carbons (Fsp3) is 0.357. The molecule has 3 N–H and O–H groups in total. The van der Waals surface area contributed by atoms with Crippen LogP contribution in [0.1, 0.15) is 30.1 Å². The summed E-state index contributed by atoms with van der Waals surface area (Å²) in [6, 6.07) is 6.55. The van der Waals surface area contributed by atoms with Crippen LogP contribution in [-0.2, 0) is 11.3 Å². The van der Waals surface area contributed by atoms with E-state index in [0.717, 1.165) is 12.8 Å². The molecule has 8 heteroatoms. The van der Waals surface area contributed by atoms with Crippen LogP contribution in [0, 0.1) is 0 Å². The minimum Gasteiger partial charge on any atom is -0.366 e. The van der Waals surface area contributed by atoms with Gasteiger partial charge in [0.25, 0.3) is 0 Å². The van der Waals surface area contributed by atoms with Gasteiger partial charge in [0.05, 0.1) is 0 Å². The molecular formula is C14H18N6O2. The molecule has 0 bridgehead atoms. The molecule has 8 nitrogen and oxygen atoms in total. The molecule has 2 amide bonds. The van der Waals surface area contributed by atoms with Crippen LogP contribution in [0.4, 0.5) is 0 Å². The van der Waals surface area contributed by atoms with Crippen LogP contribution >= 0.6 is 0 Å². The molecule has 0 saturated heterocycles. The van der Waals surface area contributed by atoms with Crippen molar-refractivity contribution in [2.75, 3.05) is 6.54 Å². The van der Waals surface area contributed by atoms with Crippen molar-refractivity contribution >= 4 is 11.8 Å². The van der Waals surface area contributed by atoms with Crippen LogP contribution in [0.3, 0.4) is 0 Å². The Kier molecular flexibility index (Phi) is 5.18. The maximum Gasteiger partial charge on any atom is 0.248 e. The Balaban J connectivity index is 1.98. The molecule has 0 aliphatic carbocycles. The van der Waals surface area contributed by atoms with E-state index in [1.165, 1.54) is 4.80 Å². The van der Waals surface area contributed by atoms with E-state index in [9.17, 15) is 9.59 Å². The molecule has 0 saturated carbocycles. The van der Waals surface area contributed by atoms with Gasteiger partial charge >= 0.3 is 0 Å². The number of unbranched alkanes of at least 4 members (excludes halogenated alkanes) is 1. The molecule has 0 aliphatic rings. The van der Waals surface area contributed by atoms with E-state index in [-0.39, 0.29) is 12.5 Å². The third-order valence-electron chi connectivity index (χ3n) is 3.02. The van der Waals surface area contributed by atoms with Crippen LogP contribution in [0.5, 0.6) is 0 Å². The van der Waals surface area contributed by atoms with Crippen LogP contribution in [0.2, 0.25) is 0 Å². The van der Waals surface area contributed by atoms with Crippen molar-refractivity contribution in [3.8, 4) is 11.4 Å². The van der Waals surface area contributed by atoms with Crippen LogP contribution in [0.15, 0.2) is 24.3 Å². The Bertz CT molecular complexity index is 650. The number of benzene rings is 1. The van der Waals surface area contributed by atoms with Gasteiger partial charge in [-0.2, -0.15) is 4.80 Å². The molecule has 22 heavy (non-hydrogen) atoms. The van der Waals surface area contributed by atoms with Gasteiger partial charge in [0, 0.05) is 17.7 Å². The SMILES string of the molecule is CCCCNC(=O)Cn1nnc(-c2ccc(C(N)=O)cc2)n1. The summed E-state index contributed by atoms with van der Waals surface area (Å²) in [5.41, 5.74) is 6.29. The molecule has 0 atom stereocenters. The second kappa shape index (κ2) is 7.30. The van der Waals surface area contributed by atoms with Gasteiger partial charge in [-0.05, 0) is 23.8 Å². The first-order chi connectivity index (χ1) is 10.6. The van der Waals surface area contributed by atoms with Crippen molar-refractivity contribution in [3.05, 3.63) is 29.8 Å². The summed E-state index contributed by atoms with van der Waals surface area (Å²) in [6.07, 6.45) is 1.96. The van der Waals surface area contributed by atoms with E-state index in [1.54, 1.807) is 24.3 Å². The number of hydrogen-bond donors (Lipinski definition) is 2. The highest BCUT2D eigenvalue weighted by Gasteiger charge is 2.09. The Hall–Kier alpha value is -2.77. The molecule has 2 rings (SSSR count). The Morgan fingerprint density at radius 2 is 2.00 bits per heavy atom. The predicted octanol–water partition coefficient (Wildman–Crippen LogP) is 0.355. The molecular weight excluding hydrogens is 284 g/mol. The average molecular weight is 302 g/mol. The fourth-order valence-electron chi connectivity index (χ4n) is 1.80. The van der Waals surface area contributed by atoms with Crippen molar-refractivity contribution in [2.24, 2.45) is 5.73 Å². The number of amides is 2. The Labute approximate surface area is 127 Å². The van der Waals surface area contributed by atoms with E-state index in [0.29, 0.717) is 23.5 Å². The van der Waals surface area contributed by atoms with Crippen molar-refractivity contribution in [1.29, 1.82) is 0 Å². The van der Waals surface area contributed by atoms with E-state index >= 15 is 0 Å². The zero-order valence-electron chi connectivity index (χ0n) is 12.3. The van der Waals surface area contributed by atoms with E-state index in [2.05, 4.69) is 27.7 Å². The van der Waals surface area contributed by atoms with E-state index in [4.69, 9.17) is 5.73 Å². The predicted molar refractivity (Wildman–Crippen MR) is 79.7 cm³/mol. The van der Waals surface area contributed by atoms with Gasteiger partial charge in [-0.15, -0.1) is 10.2 Å². The molecule has 0 fully saturated rings. The second-order valence-electron chi connectivity index (χ2n) is 4.79. The number of nitrogens with zero attached hydrogens (tertiary/aromatic N) is 4. The van der Waals surface area contributed by atoms with E-state index in [1.807, 2.05) is 0 Å². The molecule has 0 aliphatic heterocycles. The molecule has 1 heterocycles. The maximum absolute atomic E-state index is 11.7. The molecule has 116 valence electrons. The molecule has 1 aromatic heterocycles. The number of nitrogens with one attached hydrogen (secondary N) is 1. The third-order valence-corrected chi connectivity index (χ3v) is 3.02. The smallest absolute Gasteiger partial charge is 0.248 e. The van der Waals surface area contributed by atoms with Crippen LogP contribution < -0.4 is 11.1 Å². The first-order valence-electron chi connectivity index (χ1n) is 7.05. The summed E-state index contributed by atoms with van der Waals surface area (Å²) in [7, 11) is 0. The van der Waals surface area contributed by atoms with Gasteiger partial charge in [0.1, 0.15) is 6.54 Å². The first-order valence-corrected chi connectivity index (χ1v) is 7.05. The summed E-state index contributed by atoms with van der Waals surface area (Å²) in [5, 5.41) is 14.7. The molecule has 0 spiro atoms. The maximum atomic E-state index is 11.7. The van der Waals surface area contributed by atoms with Gasteiger partial charge < -0.3 is 11.1 Å². The standard InChI is InChI=1S/C14H18N6O2/c1-2-3-8-16-12(21)9-20-18-14(17-19-20)11-6-4-10(5-7-11)13(15)22/h4-7H,2-3,8-9H2,1H3,(H2,15,22)(H,16,21). The second-order valence-corrected chi connectivity index (χ2v) is 4.79. The number of rotatable bonds is 7. The Morgan fingerprint density at radius 3 is 2.64 bits per heavy atom. The molecule has 0 radical (unpaired) electrons. The third kappa shape index (κ3) is 4.11. The number of primary amides is 1. The first kappa shape index (κ1) is 15.6. The Morgan fingerprint density at radius 1 is 1.27 bits per heavy atom. The summed E-state index contributed by atoms with van der Waals surface area (Å²) in [5.74, 6) is -0.259. The summed E-state index contributed by atoms with van der Waals surface area (Å²) in [4.78, 5) is 23.9. The summed E-state index contributed by atoms with van der Waals surface area (Å²) < 4.78 is 0. The minimum absolute atomic E-state index is 0.0239. The fourth-order valence-corrected chi connectivity index (χ4v) is 1.80. The highest BCUT2D eigenvalue weighted by atomic mass is 16.2. The largest absolute Gasteiger partial charge is 0.366 e. The number of carbonyl (C=O) groups excluding carboxylic acids is 2. The van der Waals surface area contributed by atoms with Gasteiger partial charge in [-0.3, -0.25) is 9.59 Å². The summed E-state index contributed by atoms with van der Waals surface area (Å²) >= 11 is 0. The zero-order chi connectivity index (χ0) is 15.9.